The lowest BCUT2D eigenvalue weighted by Gasteiger charge is -2.33. The second-order valence-electron chi connectivity index (χ2n) is 5.04. The molecular weight excluding hydrogens is 259 g/mol. The molecule has 1 aromatic carbocycles. The summed E-state index contributed by atoms with van der Waals surface area (Å²) >= 11 is 1.84. The van der Waals surface area contributed by atoms with E-state index in [4.69, 9.17) is 5.73 Å². The van der Waals surface area contributed by atoms with Crippen LogP contribution in [0.3, 0.4) is 0 Å². The number of nitrogens with two attached hydrogens (primary N) is 1. The molecule has 1 unspecified atom stereocenters. The first-order valence-corrected chi connectivity index (χ1v) is 7.37. The van der Waals surface area contributed by atoms with Gasteiger partial charge in [-0.3, -0.25) is 4.90 Å². The van der Waals surface area contributed by atoms with Gasteiger partial charge >= 0.3 is 0 Å². The minimum Gasteiger partial charge on any atom is -0.398 e. The number of hydrogen-bond donors (Lipinski definition) is 1. The van der Waals surface area contributed by atoms with Crippen LogP contribution in [0.25, 0.3) is 0 Å². The highest BCUT2D eigenvalue weighted by Crippen LogP contribution is 2.34. The summed E-state index contributed by atoms with van der Waals surface area (Å²) in [4.78, 5) is 3.90. The van der Waals surface area contributed by atoms with Crippen LogP contribution in [0.4, 0.5) is 10.1 Å². The van der Waals surface area contributed by atoms with Gasteiger partial charge in [0.25, 0.3) is 0 Å². The molecule has 0 amide bonds. The summed E-state index contributed by atoms with van der Waals surface area (Å²) in [6.07, 6.45) is 1.10. The van der Waals surface area contributed by atoms with Crippen molar-refractivity contribution in [2.75, 3.05) is 12.3 Å². The van der Waals surface area contributed by atoms with Gasteiger partial charge in [-0.05, 0) is 48.1 Å². The fourth-order valence-corrected chi connectivity index (χ4v) is 3.67. The second kappa shape index (κ2) is 4.94. The van der Waals surface area contributed by atoms with E-state index in [0.717, 1.165) is 25.1 Å². The molecule has 0 radical (unpaired) electrons. The number of hydrogen-bond acceptors (Lipinski definition) is 3. The van der Waals surface area contributed by atoms with Crippen molar-refractivity contribution in [3.05, 3.63) is 51.5 Å². The summed E-state index contributed by atoms with van der Waals surface area (Å²) in [6, 6.07) is 7.29. The first kappa shape index (κ1) is 12.6. The number of benzene rings is 1. The Balaban J connectivity index is 1.81. The van der Waals surface area contributed by atoms with Crippen molar-refractivity contribution in [3.63, 3.8) is 0 Å². The van der Waals surface area contributed by atoms with Crippen LogP contribution in [0.1, 0.15) is 29.0 Å². The molecule has 19 heavy (non-hydrogen) atoms. The van der Waals surface area contributed by atoms with E-state index < -0.39 is 0 Å². The fourth-order valence-electron chi connectivity index (χ4n) is 2.71. The number of fused-ring (bicyclic) bond motifs is 1. The van der Waals surface area contributed by atoms with Crippen molar-refractivity contribution >= 4 is 17.0 Å². The first-order valence-electron chi connectivity index (χ1n) is 6.49. The van der Waals surface area contributed by atoms with Gasteiger partial charge < -0.3 is 5.73 Å². The highest BCUT2D eigenvalue weighted by molar-refractivity contribution is 7.10. The van der Waals surface area contributed by atoms with Crippen LogP contribution in [0, 0.1) is 5.82 Å². The topological polar surface area (TPSA) is 29.3 Å². The number of halogens is 1. The van der Waals surface area contributed by atoms with Gasteiger partial charge in [-0.2, -0.15) is 0 Å². The molecule has 3 rings (SSSR count). The monoisotopic (exact) mass is 276 g/mol. The SMILES string of the molecule is CC1c2ccsc2CCN1Cc1ccc(F)cc1N. The Morgan fingerprint density at radius 3 is 3.05 bits per heavy atom. The summed E-state index contributed by atoms with van der Waals surface area (Å²) in [5, 5.41) is 2.16. The third-order valence-electron chi connectivity index (χ3n) is 3.89. The molecule has 1 aromatic heterocycles. The lowest BCUT2D eigenvalue weighted by atomic mass is 10.0. The van der Waals surface area contributed by atoms with Gasteiger partial charge in [0, 0.05) is 29.7 Å². The van der Waals surface area contributed by atoms with Gasteiger partial charge in [-0.25, -0.2) is 4.39 Å². The van der Waals surface area contributed by atoms with Crippen molar-refractivity contribution in [3.8, 4) is 0 Å². The average molecular weight is 276 g/mol. The van der Waals surface area contributed by atoms with Gasteiger partial charge in [0.15, 0.2) is 0 Å². The maximum Gasteiger partial charge on any atom is 0.125 e. The molecule has 4 heteroatoms. The zero-order valence-corrected chi connectivity index (χ0v) is 11.7. The third kappa shape index (κ3) is 2.38. The predicted octanol–water partition coefficient (Wildman–Crippen LogP) is 3.59. The molecule has 2 nitrogen and oxygen atoms in total. The van der Waals surface area contributed by atoms with Gasteiger partial charge in [0.1, 0.15) is 5.82 Å². The van der Waals surface area contributed by atoms with E-state index in [9.17, 15) is 4.39 Å². The summed E-state index contributed by atoms with van der Waals surface area (Å²) < 4.78 is 13.1. The Kier molecular flexibility index (Phi) is 3.29. The van der Waals surface area contributed by atoms with Gasteiger partial charge in [-0.1, -0.05) is 6.07 Å². The lowest BCUT2D eigenvalue weighted by Crippen LogP contribution is -2.32. The van der Waals surface area contributed by atoms with Gasteiger partial charge in [0.2, 0.25) is 0 Å². The zero-order chi connectivity index (χ0) is 13.4. The van der Waals surface area contributed by atoms with E-state index in [1.54, 1.807) is 6.07 Å². The number of anilines is 1. The smallest absolute Gasteiger partial charge is 0.125 e. The van der Waals surface area contributed by atoms with Crippen LogP contribution in [0.15, 0.2) is 29.6 Å². The molecule has 1 aliphatic rings. The number of rotatable bonds is 2. The molecule has 100 valence electrons. The maximum absolute atomic E-state index is 13.1. The van der Waals surface area contributed by atoms with Crippen LogP contribution in [0.5, 0.6) is 0 Å². The molecule has 2 N–H and O–H groups in total. The molecule has 2 aromatic rings. The average Bonchev–Trinajstić information content (AvgIpc) is 2.85. The molecule has 0 aliphatic carbocycles. The molecule has 2 heterocycles. The molecule has 0 saturated carbocycles. The normalized spacial score (nSPS) is 19.4. The Hall–Kier alpha value is -1.39. The summed E-state index contributed by atoms with van der Waals surface area (Å²) in [5.74, 6) is -0.270. The van der Waals surface area contributed by atoms with Crippen molar-refractivity contribution in [1.82, 2.24) is 4.90 Å². The Morgan fingerprint density at radius 1 is 1.42 bits per heavy atom. The van der Waals surface area contributed by atoms with E-state index in [2.05, 4.69) is 23.3 Å². The third-order valence-corrected chi connectivity index (χ3v) is 4.88. The molecule has 0 saturated heterocycles. The number of nitrogens with zero attached hydrogens (tertiary/aromatic N) is 1. The second-order valence-corrected chi connectivity index (χ2v) is 6.04. The van der Waals surface area contributed by atoms with Gasteiger partial charge in [0.05, 0.1) is 0 Å². The van der Waals surface area contributed by atoms with E-state index >= 15 is 0 Å². The highest BCUT2D eigenvalue weighted by Gasteiger charge is 2.24. The van der Waals surface area contributed by atoms with Crippen LogP contribution in [-0.2, 0) is 13.0 Å². The number of nitrogen functional groups attached to an aromatic ring is 1. The minimum atomic E-state index is -0.270. The highest BCUT2D eigenvalue weighted by atomic mass is 32.1. The van der Waals surface area contributed by atoms with E-state index in [-0.39, 0.29) is 5.82 Å². The van der Waals surface area contributed by atoms with Crippen LogP contribution >= 0.6 is 11.3 Å². The maximum atomic E-state index is 13.1. The standard InChI is InChI=1S/C15H17FN2S/c1-10-13-5-7-19-15(13)4-6-18(10)9-11-2-3-12(16)8-14(11)17/h2-3,5,7-8,10H,4,6,9,17H2,1H3. The van der Waals surface area contributed by atoms with Crippen LogP contribution < -0.4 is 5.73 Å². The summed E-state index contributed by atoms with van der Waals surface area (Å²) in [6.45, 7) is 4.04. The predicted molar refractivity (Wildman–Crippen MR) is 77.7 cm³/mol. The van der Waals surface area contributed by atoms with Gasteiger partial charge in [-0.15, -0.1) is 11.3 Å². The summed E-state index contributed by atoms with van der Waals surface area (Å²) in [7, 11) is 0. The summed E-state index contributed by atoms with van der Waals surface area (Å²) in [5.41, 5.74) is 8.87. The van der Waals surface area contributed by atoms with E-state index in [1.807, 2.05) is 11.3 Å². The van der Waals surface area contributed by atoms with Crippen LogP contribution in [-0.4, -0.2) is 11.4 Å². The van der Waals surface area contributed by atoms with Crippen molar-refractivity contribution in [1.29, 1.82) is 0 Å². The van der Waals surface area contributed by atoms with Crippen molar-refractivity contribution in [2.24, 2.45) is 0 Å². The molecule has 0 bridgehead atoms. The van der Waals surface area contributed by atoms with E-state index in [1.165, 1.54) is 22.6 Å². The Labute approximate surface area is 116 Å². The first-order chi connectivity index (χ1) is 9.15. The minimum absolute atomic E-state index is 0.270. The molecular formula is C15H17FN2S. The Bertz CT molecular complexity index is 594. The fraction of sp³-hybridized carbons (Fsp3) is 0.333. The zero-order valence-electron chi connectivity index (χ0n) is 10.9. The largest absolute Gasteiger partial charge is 0.398 e. The van der Waals surface area contributed by atoms with E-state index in [0.29, 0.717) is 11.7 Å². The lowest BCUT2D eigenvalue weighted by molar-refractivity contribution is 0.192. The Morgan fingerprint density at radius 2 is 2.26 bits per heavy atom. The number of thiophene rings is 1. The molecule has 0 fully saturated rings. The molecule has 1 aliphatic heterocycles. The molecule has 0 spiro atoms. The van der Waals surface area contributed by atoms with Crippen molar-refractivity contribution in [2.45, 2.75) is 25.9 Å². The van der Waals surface area contributed by atoms with Crippen LogP contribution in [0.2, 0.25) is 0 Å². The van der Waals surface area contributed by atoms with Crippen molar-refractivity contribution < 1.29 is 4.39 Å². The molecule has 1 atom stereocenters. The quantitative estimate of drug-likeness (QED) is 0.849.